The number of nitrogens with two attached hydrogens (primary N) is 2. The number of nitrogens with one attached hydrogen (secondary N) is 3. The number of carbonyl (C=O) groups is 6. The minimum atomic E-state index is -1.97. The Morgan fingerprint density at radius 2 is 1.40 bits per heavy atom. The molecular formula is C58H94N6O16. The summed E-state index contributed by atoms with van der Waals surface area (Å²) in [6.07, 6.45) is 1.32. The van der Waals surface area contributed by atoms with Crippen LogP contribution in [0.5, 0.6) is 0 Å². The summed E-state index contributed by atoms with van der Waals surface area (Å²) >= 11 is 0. The lowest BCUT2D eigenvalue weighted by Gasteiger charge is -2.41. The number of aliphatic hydroxyl groups is 5. The molecule has 22 nitrogen and oxygen atoms in total. The number of anilines is 1. The third-order valence-corrected chi connectivity index (χ3v) is 15.3. The fourth-order valence-corrected chi connectivity index (χ4v) is 10.5. The summed E-state index contributed by atoms with van der Waals surface area (Å²) in [5.74, 6) is 3.95. The molecule has 1 aromatic rings. The summed E-state index contributed by atoms with van der Waals surface area (Å²) in [5, 5.41) is 62.8. The number of urea groups is 1. The van der Waals surface area contributed by atoms with Crippen molar-refractivity contribution in [1.82, 2.24) is 20.9 Å². The Labute approximate surface area is 472 Å². The Morgan fingerprint density at radius 3 is 1.98 bits per heavy atom. The SMILES string of the molecule is CCCCCCCCCCCCCC[C@@H](OC(=O)CCC)[C@@H](O)[C@H](CO[C@H]1O[C@H](CO)[C@H](O)[C@H](O)[C@H]1O)N(C(=O)OCc1ccc(N)cc1)C(=O)[C@H](CCCNC(N)=O)NC(=O)[C@@H](NC(=O)OCC1C2CCC#CCCC21)C(C)C. The highest BCUT2D eigenvalue weighted by atomic mass is 16.7. The number of nitrogen functional groups attached to an aromatic ring is 1. The van der Waals surface area contributed by atoms with Crippen LogP contribution in [0.15, 0.2) is 24.3 Å². The predicted molar refractivity (Wildman–Crippen MR) is 296 cm³/mol. The largest absolute Gasteiger partial charge is 0.460 e. The molecule has 2 fully saturated rings. The number of amides is 6. The first kappa shape index (κ1) is 67.2. The van der Waals surface area contributed by atoms with Gasteiger partial charge in [0.05, 0.1) is 25.9 Å². The van der Waals surface area contributed by atoms with Crippen molar-refractivity contribution < 1.29 is 78.0 Å². The van der Waals surface area contributed by atoms with Crippen LogP contribution in [-0.4, -0.2) is 154 Å². The monoisotopic (exact) mass is 1130 g/mol. The van der Waals surface area contributed by atoms with Crippen LogP contribution in [0, 0.1) is 35.5 Å². The second-order valence-corrected chi connectivity index (χ2v) is 21.9. The molecule has 3 aliphatic rings. The number of rotatable bonds is 36. The van der Waals surface area contributed by atoms with Gasteiger partial charge in [0.1, 0.15) is 55.3 Å². The van der Waals surface area contributed by atoms with Crippen LogP contribution >= 0.6 is 0 Å². The summed E-state index contributed by atoms with van der Waals surface area (Å²) in [7, 11) is 0. The summed E-state index contributed by atoms with van der Waals surface area (Å²) < 4.78 is 29.0. The Morgan fingerprint density at radius 1 is 0.787 bits per heavy atom. The number of hydrogen-bond acceptors (Lipinski definition) is 17. The van der Waals surface area contributed by atoms with Crippen molar-refractivity contribution >= 4 is 41.7 Å². The van der Waals surface area contributed by atoms with E-state index >= 15 is 4.79 Å². The highest BCUT2D eigenvalue weighted by molar-refractivity contribution is 5.98. The molecule has 452 valence electrons. The van der Waals surface area contributed by atoms with E-state index in [2.05, 4.69) is 34.7 Å². The number of fused-ring (bicyclic) bond motifs is 1. The molecule has 1 aliphatic heterocycles. The van der Waals surface area contributed by atoms with Gasteiger partial charge in [0.2, 0.25) is 5.91 Å². The van der Waals surface area contributed by atoms with Gasteiger partial charge in [0.25, 0.3) is 5.91 Å². The lowest BCUT2D eigenvalue weighted by molar-refractivity contribution is -0.304. The van der Waals surface area contributed by atoms with Gasteiger partial charge in [-0.1, -0.05) is 110 Å². The van der Waals surface area contributed by atoms with Gasteiger partial charge in [-0.15, -0.1) is 11.8 Å². The highest BCUT2D eigenvalue weighted by Gasteiger charge is 2.50. The number of ether oxygens (including phenoxy) is 5. The predicted octanol–water partition coefficient (Wildman–Crippen LogP) is 5.21. The molecule has 1 saturated carbocycles. The molecule has 80 heavy (non-hydrogen) atoms. The van der Waals surface area contributed by atoms with E-state index < -0.39 is 123 Å². The van der Waals surface area contributed by atoms with Crippen molar-refractivity contribution in [2.45, 2.75) is 230 Å². The van der Waals surface area contributed by atoms with Crippen molar-refractivity contribution in [1.29, 1.82) is 0 Å². The Bertz CT molecular complexity index is 2090. The quantitative estimate of drug-likeness (QED) is 0.0136. The standard InChI is InChI=1S/C58H94N6O16/c1-5-7-8-9-10-11-12-13-14-15-16-21-27-45(79-47(66)23-6-2)49(67)44(36-76-55-52(70)51(69)50(68)46(33-65)80-55)64(58(75)78-34-38-28-30-39(59)31-29-38)54(72)43(26-22-32-61-56(60)73)62-53(71)48(37(3)4)63-57(74)77-35-42-40-24-19-17-18-20-25-41(40)42/h28-31,37,40-46,48-52,55,65,67-70H,5-16,19-27,32-36,59H2,1-4H3,(H,62,71)(H,63,74)(H3,60,61,73)/t40?,41?,42?,43-,44-,45+,46+,48-,49-,50-,51-,52+,55-/m0/s1. The second kappa shape index (κ2) is 36.2. The van der Waals surface area contributed by atoms with Crippen LogP contribution in [0.25, 0.3) is 0 Å². The topological polar surface area (TPSA) is 341 Å². The Balaban J connectivity index is 1.71. The molecule has 4 rings (SSSR count). The number of nitrogens with zero attached hydrogens (tertiary/aromatic N) is 1. The van der Waals surface area contributed by atoms with Crippen LogP contribution in [0.2, 0.25) is 0 Å². The van der Waals surface area contributed by atoms with Gasteiger partial charge in [-0.25, -0.2) is 19.3 Å². The van der Waals surface area contributed by atoms with Crippen molar-refractivity contribution in [2.75, 3.05) is 32.1 Å². The fourth-order valence-electron chi connectivity index (χ4n) is 10.5. The third kappa shape index (κ3) is 22.6. The average molecular weight is 1130 g/mol. The molecule has 0 spiro atoms. The molecule has 0 radical (unpaired) electrons. The van der Waals surface area contributed by atoms with Gasteiger partial charge in [-0.05, 0) is 86.3 Å². The number of hydrogen-bond donors (Lipinski definition) is 10. The Kier molecular flexibility index (Phi) is 30.5. The van der Waals surface area contributed by atoms with Gasteiger partial charge in [0.15, 0.2) is 6.29 Å². The minimum Gasteiger partial charge on any atom is -0.460 e. The van der Waals surface area contributed by atoms with Gasteiger partial charge >= 0.3 is 24.2 Å². The number of aliphatic hydroxyl groups excluding tert-OH is 5. The van der Waals surface area contributed by atoms with Gasteiger partial charge < -0.3 is 76.6 Å². The highest BCUT2D eigenvalue weighted by Crippen LogP contribution is 2.52. The maximum atomic E-state index is 15.6. The van der Waals surface area contributed by atoms with Crippen molar-refractivity contribution in [2.24, 2.45) is 29.4 Å². The lowest BCUT2D eigenvalue weighted by Crippen LogP contribution is -2.63. The molecule has 0 aromatic heterocycles. The van der Waals surface area contributed by atoms with Crippen molar-refractivity contribution in [3.63, 3.8) is 0 Å². The summed E-state index contributed by atoms with van der Waals surface area (Å²) in [6.45, 7) is 5.17. The van der Waals surface area contributed by atoms with E-state index in [4.69, 9.17) is 35.2 Å². The molecule has 1 aromatic carbocycles. The van der Waals surface area contributed by atoms with E-state index in [1.165, 1.54) is 32.1 Å². The zero-order valence-electron chi connectivity index (χ0n) is 47.6. The maximum absolute atomic E-state index is 15.6. The first-order valence-corrected chi connectivity index (χ1v) is 29.3. The molecular weight excluding hydrogens is 1040 g/mol. The normalized spacial score (nSPS) is 23.2. The molecule has 12 N–H and O–H groups in total. The van der Waals surface area contributed by atoms with Crippen LogP contribution in [0.3, 0.4) is 0 Å². The first-order valence-electron chi connectivity index (χ1n) is 29.3. The fraction of sp³-hybridized carbons (Fsp3) is 0.759. The number of primary amides is 1. The van der Waals surface area contributed by atoms with E-state index in [0.29, 0.717) is 47.2 Å². The van der Waals surface area contributed by atoms with E-state index in [0.717, 1.165) is 57.8 Å². The Hall–Kier alpha value is -5.28. The van der Waals surface area contributed by atoms with Gasteiger partial charge in [-0.3, -0.25) is 14.4 Å². The molecule has 2 unspecified atom stereocenters. The smallest absolute Gasteiger partial charge is 0.417 e. The number of unbranched alkanes of at least 4 members (excludes halogenated alkanes) is 11. The molecule has 1 heterocycles. The van der Waals surface area contributed by atoms with Crippen molar-refractivity contribution in [3.8, 4) is 11.8 Å². The van der Waals surface area contributed by atoms with Crippen molar-refractivity contribution in [3.05, 3.63) is 29.8 Å². The van der Waals surface area contributed by atoms with E-state index in [9.17, 15) is 49.5 Å². The number of carbonyl (C=O) groups excluding carboxylic acids is 6. The van der Waals surface area contributed by atoms with E-state index in [1.54, 1.807) is 45.0 Å². The van der Waals surface area contributed by atoms with Crippen LogP contribution in [-0.2, 0) is 44.7 Å². The van der Waals surface area contributed by atoms with E-state index in [-0.39, 0.29) is 44.8 Å². The second-order valence-electron chi connectivity index (χ2n) is 21.9. The number of alkyl carbamates (subject to hydrolysis) is 1. The summed E-state index contributed by atoms with van der Waals surface area (Å²) in [6, 6.07) is 0.552. The minimum absolute atomic E-state index is 0.0185. The summed E-state index contributed by atoms with van der Waals surface area (Å²) in [4.78, 5) is 84.0. The molecule has 0 bridgehead atoms. The van der Waals surface area contributed by atoms with Crippen LogP contribution in [0.1, 0.15) is 168 Å². The van der Waals surface area contributed by atoms with Crippen LogP contribution in [0.4, 0.5) is 20.1 Å². The van der Waals surface area contributed by atoms with Gasteiger partial charge in [0, 0.05) is 31.5 Å². The summed E-state index contributed by atoms with van der Waals surface area (Å²) in [5.41, 5.74) is 12.1. The maximum Gasteiger partial charge on any atom is 0.417 e. The number of imide groups is 1. The number of esters is 1. The molecule has 12 atom stereocenters. The molecule has 22 heteroatoms. The third-order valence-electron chi connectivity index (χ3n) is 15.3. The van der Waals surface area contributed by atoms with Gasteiger partial charge in [-0.2, -0.15) is 0 Å². The average Bonchev–Trinajstić information content (AvgIpc) is 4.13. The zero-order chi connectivity index (χ0) is 58.6. The van der Waals surface area contributed by atoms with E-state index in [1.807, 2.05) is 0 Å². The molecule has 6 amide bonds. The zero-order valence-corrected chi connectivity index (χ0v) is 47.6. The molecule has 2 aliphatic carbocycles. The molecule has 1 saturated heterocycles. The number of benzene rings is 1. The lowest BCUT2D eigenvalue weighted by atomic mass is 9.96. The van der Waals surface area contributed by atoms with Crippen LogP contribution < -0.4 is 27.4 Å². The first-order chi connectivity index (χ1) is 38.4.